The Bertz CT molecular complexity index is 4550. The molecule has 724 valence electrons. The maximum absolute atomic E-state index is 15.2. The van der Waals surface area contributed by atoms with Gasteiger partial charge in [-0.05, 0) is 105 Å². The smallest absolute Gasteiger partial charge is 0.338 e. The molecule has 0 amide bonds. The molecular weight excluding hydrogens is 1680 g/mol. The number of ketones is 2. The second kappa shape index (κ2) is 45.8. The zero-order valence-electron chi connectivity index (χ0n) is 78.9. The van der Waals surface area contributed by atoms with Crippen LogP contribution in [0.2, 0.25) is 0 Å². The van der Waals surface area contributed by atoms with Gasteiger partial charge in [0.25, 0.3) is 0 Å². The van der Waals surface area contributed by atoms with Crippen LogP contribution in [0.3, 0.4) is 0 Å². The number of ether oxygens (including phenoxy) is 11. The summed E-state index contributed by atoms with van der Waals surface area (Å²) in [4.78, 5) is 112. The molecule has 6 aliphatic carbocycles. The van der Waals surface area contributed by atoms with Gasteiger partial charge >= 0.3 is 35.8 Å². The van der Waals surface area contributed by atoms with E-state index in [0.717, 1.165) is 37.9 Å². The summed E-state index contributed by atoms with van der Waals surface area (Å²) in [5.74, 6) is -10.7. The number of carbonyl (C=O) groups is 8. The van der Waals surface area contributed by atoms with Gasteiger partial charge in [0.15, 0.2) is 41.3 Å². The number of esters is 6. The Morgan fingerprint density at radius 3 is 1.19 bits per heavy atom. The normalized spacial score (nSPS) is 31.1. The maximum Gasteiger partial charge on any atom is 0.338 e. The quantitative estimate of drug-likeness (QED) is 0.00547. The first-order valence-electron chi connectivity index (χ1n) is 47.2. The summed E-state index contributed by atoms with van der Waals surface area (Å²) in [5.41, 5.74) is -12.4. The van der Waals surface area contributed by atoms with Crippen LogP contribution in [0.4, 0.5) is 0 Å². The number of fused-ring (bicyclic) bond motifs is 10. The molecule has 2 saturated heterocycles. The second-order valence-corrected chi connectivity index (χ2v) is 38.7. The standard InChI is InChI=1S/C59H86O13.C39H46O12.C6H12O.CH4/c1-9-10-11-12-13-14-15-16-17-18-19-20-21-22-23-30-35-67-42(5)69-50(39(2)43-31-26-24-27-32-43)55(65)70-45-37-59(66)53(71-54(64)44-33-28-25-29-34-44)51-57(8,52(63)49(62)48(40(45)3)56(59,6)7)46(61)36-47-58(51,38-68-47)72-41(4)60;1-20(23-13-9-7-10-14-23)29(42)35(46)49-25-18-39(47)33(50-34(45)24-15-11-8-12-16-24)31-37(6,32(44)30(43)28(21(25)2)36(39,4)5)26(41)17-27-38(31,19-48-27)51-22(3)40;1-3-5-6-7-4-2;/h24-29,31-34,39,42,45-47,49-51,53,61-62,66H,9-23,30,35-38H2,1-8H3;7-16,20,25-27,29-31,33,41-43,47H,17-19H2,1-6H3;4H,2-3,5-6H2,1H3;1H4/t39-,42?,45-,46-,47+,49+,50+,51-,53-,57+,58-,59+;20-,25-,26-,27+,29+,30+,31-,33-,37+,38-,39+;;/m00../s1. The zero-order chi connectivity index (χ0) is 95.1. The minimum Gasteiger partial charge on any atom is -0.502 e. The van der Waals surface area contributed by atoms with E-state index < -0.39 is 201 Å². The highest BCUT2D eigenvalue weighted by Crippen LogP contribution is 2.67. The molecule has 4 saturated carbocycles. The van der Waals surface area contributed by atoms with Crippen LogP contribution in [-0.2, 0) is 80.9 Å². The molecule has 2 heterocycles. The summed E-state index contributed by atoms with van der Waals surface area (Å²) in [6.45, 7) is 28.8. The SMILES string of the molecule is C.C=COCCCC.CC(=O)O[C@@]12CO[C@@H]1C[C@H](O)[C@@]1(C)C(=O)[C@H](O)C3=C(C)[C@@H](OC(=O)[C@H](O)[C@@H](C)c4ccccc4)C[C@@](O)([C@@H](OC(=O)c4ccccc4)[C@H]21)C3(C)C.CCCCCCCCCCCCCCCCCCOC(C)O[C@@H](C(=O)O[C@H]1C[C@@]2(O)[C@@H](OC(=O)c3ccccc3)[C@@H]3[C@]4(OC(C)=O)CO[C@@H]4C[C@H](O)[C@@]3(C)C(=O)[C@H](O)C(=C1C)C2(C)C)[C@@H](C)c1ccccc1. The Kier molecular flexibility index (Phi) is 37.1. The van der Waals surface area contributed by atoms with E-state index in [9.17, 15) is 69.3 Å². The second-order valence-electron chi connectivity index (χ2n) is 38.7. The molecule has 23 atom stereocenters. The number of benzene rings is 4. The lowest BCUT2D eigenvalue weighted by molar-refractivity contribution is -0.346. The Morgan fingerprint density at radius 1 is 0.489 bits per heavy atom. The van der Waals surface area contributed by atoms with E-state index in [4.69, 9.17) is 52.1 Å². The van der Waals surface area contributed by atoms with Crippen molar-refractivity contribution in [3.8, 4) is 0 Å². The van der Waals surface area contributed by atoms with Crippen LogP contribution in [0.25, 0.3) is 0 Å². The van der Waals surface area contributed by atoms with Crippen molar-refractivity contribution >= 4 is 47.4 Å². The van der Waals surface area contributed by atoms with Crippen LogP contribution in [0.1, 0.15) is 296 Å². The Hall–Kier alpha value is -8.38. The molecule has 8 aliphatic rings. The van der Waals surface area contributed by atoms with Crippen molar-refractivity contribution in [3.63, 3.8) is 0 Å². The molecular formula is C105H148O26. The first-order chi connectivity index (χ1) is 61.7. The minimum absolute atomic E-state index is 0. The van der Waals surface area contributed by atoms with Gasteiger partial charge in [0, 0.05) is 68.8 Å². The summed E-state index contributed by atoms with van der Waals surface area (Å²) in [5, 5.41) is 86.3. The molecule has 26 heteroatoms. The predicted molar refractivity (Wildman–Crippen MR) is 491 cm³/mol. The number of carbonyl (C=O) groups excluding carboxylic acids is 8. The predicted octanol–water partition coefficient (Wildman–Crippen LogP) is 15.8. The lowest BCUT2D eigenvalue weighted by Gasteiger charge is -2.67. The van der Waals surface area contributed by atoms with E-state index >= 15 is 4.79 Å². The average Bonchev–Trinajstić information content (AvgIpc) is 0.672. The van der Waals surface area contributed by atoms with E-state index in [1.807, 2.05) is 37.3 Å². The van der Waals surface area contributed by atoms with Gasteiger partial charge in [0.2, 0.25) is 0 Å². The van der Waals surface area contributed by atoms with Crippen LogP contribution in [0, 0.1) is 33.5 Å². The molecule has 4 aromatic carbocycles. The third kappa shape index (κ3) is 22.1. The van der Waals surface area contributed by atoms with Crippen LogP contribution in [-0.4, -0.2) is 211 Å². The lowest BCUT2D eigenvalue weighted by Crippen LogP contribution is -2.81. The number of unbranched alkanes of at least 4 members (excludes halogenated alkanes) is 16. The summed E-state index contributed by atoms with van der Waals surface area (Å²) in [7, 11) is 0. The summed E-state index contributed by atoms with van der Waals surface area (Å²) in [6.07, 6.45) is 4.64. The number of hydrogen-bond acceptors (Lipinski definition) is 26. The van der Waals surface area contributed by atoms with Gasteiger partial charge in [-0.25, -0.2) is 19.2 Å². The van der Waals surface area contributed by atoms with Crippen molar-refractivity contribution in [3.05, 3.63) is 179 Å². The molecule has 4 bridgehead atoms. The fourth-order valence-electron chi connectivity index (χ4n) is 21.9. The molecule has 4 aromatic rings. The highest BCUT2D eigenvalue weighted by Gasteiger charge is 2.80. The first-order valence-corrected chi connectivity index (χ1v) is 47.2. The number of aliphatic hydroxyl groups excluding tert-OH is 5. The van der Waals surface area contributed by atoms with Crippen LogP contribution in [0.15, 0.2) is 156 Å². The summed E-state index contributed by atoms with van der Waals surface area (Å²) < 4.78 is 66.4. The van der Waals surface area contributed by atoms with Gasteiger partial charge in [0.1, 0.15) is 60.0 Å². The molecule has 0 spiro atoms. The fourth-order valence-corrected chi connectivity index (χ4v) is 21.9. The van der Waals surface area contributed by atoms with Gasteiger partial charge in [-0.15, -0.1) is 0 Å². The Labute approximate surface area is 774 Å². The molecule has 7 N–H and O–H groups in total. The van der Waals surface area contributed by atoms with Crippen molar-refractivity contribution in [2.75, 3.05) is 26.4 Å². The zero-order valence-corrected chi connectivity index (χ0v) is 78.9. The van der Waals surface area contributed by atoms with E-state index in [1.54, 1.807) is 134 Å². The number of rotatable bonds is 38. The molecule has 12 rings (SSSR count). The van der Waals surface area contributed by atoms with Gasteiger partial charge in [-0.3, -0.25) is 19.2 Å². The van der Waals surface area contributed by atoms with Crippen molar-refractivity contribution < 1.29 is 126 Å². The Morgan fingerprint density at radius 2 is 0.840 bits per heavy atom. The third-order valence-corrected chi connectivity index (χ3v) is 29.8. The fraction of sp³-hybridized carbons (Fsp3) is 0.638. The average molecular weight is 1830 g/mol. The largest absolute Gasteiger partial charge is 0.502 e. The van der Waals surface area contributed by atoms with Crippen LogP contribution < -0.4 is 0 Å². The van der Waals surface area contributed by atoms with E-state index in [2.05, 4.69) is 20.4 Å². The number of hydrogen-bond donors (Lipinski definition) is 7. The van der Waals surface area contributed by atoms with Crippen molar-refractivity contribution in [2.45, 2.75) is 366 Å². The van der Waals surface area contributed by atoms with E-state index in [-0.39, 0.29) is 67.7 Å². The van der Waals surface area contributed by atoms with Crippen LogP contribution in [0.5, 0.6) is 0 Å². The lowest BCUT2D eigenvalue weighted by atomic mass is 9.44. The molecule has 6 fully saturated rings. The van der Waals surface area contributed by atoms with Gasteiger partial charge in [-0.1, -0.05) is 269 Å². The van der Waals surface area contributed by atoms with Crippen molar-refractivity contribution in [2.24, 2.45) is 33.5 Å². The first kappa shape index (κ1) is 106. The molecule has 0 radical (unpaired) electrons. The summed E-state index contributed by atoms with van der Waals surface area (Å²) in [6, 6.07) is 34.4. The number of Topliss-reactive ketones (excluding diaryl/α,β-unsaturated/α-hetero) is 2. The highest BCUT2D eigenvalue weighted by molar-refractivity contribution is 5.96. The molecule has 1 unspecified atom stereocenters. The molecule has 131 heavy (non-hydrogen) atoms. The molecule has 2 aliphatic heterocycles. The van der Waals surface area contributed by atoms with Gasteiger partial charge < -0.3 is 87.9 Å². The van der Waals surface area contributed by atoms with Crippen molar-refractivity contribution in [1.82, 2.24) is 0 Å². The maximum atomic E-state index is 15.2. The Balaban J connectivity index is 0.000000285. The van der Waals surface area contributed by atoms with Crippen LogP contribution >= 0.6 is 0 Å². The summed E-state index contributed by atoms with van der Waals surface area (Å²) >= 11 is 0. The van der Waals surface area contributed by atoms with Crippen molar-refractivity contribution in [1.29, 1.82) is 0 Å². The minimum atomic E-state index is -2.25. The third-order valence-electron chi connectivity index (χ3n) is 29.8. The van der Waals surface area contributed by atoms with Gasteiger partial charge in [-0.2, -0.15) is 0 Å². The number of aliphatic hydroxyl groups is 7. The van der Waals surface area contributed by atoms with E-state index in [1.165, 1.54) is 136 Å². The molecule has 0 aromatic heterocycles. The molecule has 26 nitrogen and oxygen atoms in total. The van der Waals surface area contributed by atoms with Gasteiger partial charge in [0.05, 0.1) is 72.1 Å². The monoisotopic (exact) mass is 1830 g/mol. The highest BCUT2D eigenvalue weighted by atomic mass is 16.7. The topological polar surface area (TPSA) is 380 Å². The van der Waals surface area contributed by atoms with E-state index in [0.29, 0.717) is 17.7 Å².